The zero-order valence-corrected chi connectivity index (χ0v) is 16.0. The average molecular weight is 402 g/mol. The standard InChI is InChI=1S/C26H20F2O2/c27-23-17-9-7-15-21(23)25(29,19-11-3-1-4-12-19)26(30,20-13-5-2-6-14-20)22-16-8-10-18-24(22)28/h1-18,29-30H. The van der Waals surface area contributed by atoms with Gasteiger partial charge in [0.25, 0.3) is 0 Å². The molecule has 0 aliphatic heterocycles. The molecule has 0 aromatic heterocycles. The number of aliphatic hydroxyl groups is 2. The normalized spacial score (nSPS) is 15.2. The second-order valence-electron chi connectivity index (χ2n) is 7.11. The van der Waals surface area contributed by atoms with Crippen molar-refractivity contribution in [1.82, 2.24) is 0 Å². The summed E-state index contributed by atoms with van der Waals surface area (Å²) in [6, 6.07) is 27.9. The molecule has 0 amide bonds. The number of hydrogen-bond acceptors (Lipinski definition) is 2. The summed E-state index contributed by atoms with van der Waals surface area (Å²) in [6.45, 7) is 0. The van der Waals surface area contributed by atoms with Gasteiger partial charge >= 0.3 is 0 Å². The molecule has 0 aliphatic rings. The Hall–Kier alpha value is -3.34. The molecule has 4 aromatic rings. The summed E-state index contributed by atoms with van der Waals surface area (Å²) in [4.78, 5) is 0. The summed E-state index contributed by atoms with van der Waals surface area (Å²) in [5, 5.41) is 24.5. The number of halogens is 2. The van der Waals surface area contributed by atoms with Crippen molar-refractivity contribution in [3.63, 3.8) is 0 Å². The summed E-state index contributed by atoms with van der Waals surface area (Å²) in [5.41, 5.74) is -4.53. The van der Waals surface area contributed by atoms with Gasteiger partial charge in [0.05, 0.1) is 0 Å². The van der Waals surface area contributed by atoms with Crippen molar-refractivity contribution < 1.29 is 19.0 Å². The molecule has 0 fully saturated rings. The molecule has 0 saturated heterocycles. The van der Waals surface area contributed by atoms with Gasteiger partial charge < -0.3 is 10.2 Å². The first-order valence-electron chi connectivity index (χ1n) is 9.55. The van der Waals surface area contributed by atoms with Gasteiger partial charge in [-0.1, -0.05) is 97.1 Å². The average Bonchev–Trinajstić information content (AvgIpc) is 2.80. The molecule has 30 heavy (non-hydrogen) atoms. The Labute approximate surface area is 173 Å². The van der Waals surface area contributed by atoms with E-state index in [1.54, 1.807) is 72.8 Å². The van der Waals surface area contributed by atoms with Crippen molar-refractivity contribution in [3.05, 3.63) is 143 Å². The van der Waals surface area contributed by atoms with Crippen molar-refractivity contribution >= 4 is 0 Å². The fraction of sp³-hybridized carbons (Fsp3) is 0.0769. The summed E-state index contributed by atoms with van der Waals surface area (Å²) in [6.07, 6.45) is 0. The van der Waals surface area contributed by atoms with Crippen LogP contribution in [0.25, 0.3) is 0 Å². The lowest BCUT2D eigenvalue weighted by atomic mass is 9.66. The van der Waals surface area contributed by atoms with Crippen LogP contribution < -0.4 is 0 Å². The second kappa shape index (κ2) is 7.82. The molecule has 4 rings (SSSR count). The van der Waals surface area contributed by atoms with Gasteiger partial charge in [-0.3, -0.25) is 0 Å². The van der Waals surface area contributed by atoms with E-state index in [0.717, 1.165) is 0 Å². The highest BCUT2D eigenvalue weighted by Crippen LogP contribution is 2.50. The molecule has 4 aromatic carbocycles. The molecule has 2 atom stereocenters. The van der Waals surface area contributed by atoms with Gasteiger partial charge in [-0.2, -0.15) is 0 Å². The predicted molar refractivity (Wildman–Crippen MR) is 112 cm³/mol. The third kappa shape index (κ3) is 3.02. The van der Waals surface area contributed by atoms with E-state index in [0.29, 0.717) is 0 Å². The van der Waals surface area contributed by atoms with Crippen LogP contribution in [0.3, 0.4) is 0 Å². The zero-order chi connectivity index (χ0) is 21.2. The van der Waals surface area contributed by atoms with Crippen LogP contribution in [0.4, 0.5) is 8.78 Å². The molecule has 2 unspecified atom stereocenters. The fourth-order valence-electron chi connectivity index (χ4n) is 3.99. The first-order valence-corrected chi connectivity index (χ1v) is 9.55. The van der Waals surface area contributed by atoms with E-state index < -0.39 is 22.8 Å². The van der Waals surface area contributed by atoms with E-state index >= 15 is 8.78 Å². The predicted octanol–water partition coefficient (Wildman–Crippen LogP) is 5.14. The summed E-state index contributed by atoms with van der Waals surface area (Å²) in [7, 11) is 0. The number of benzene rings is 4. The van der Waals surface area contributed by atoms with E-state index in [-0.39, 0.29) is 22.3 Å². The Kier molecular flexibility index (Phi) is 5.20. The zero-order valence-electron chi connectivity index (χ0n) is 16.0. The van der Waals surface area contributed by atoms with E-state index in [1.807, 2.05) is 0 Å². The smallest absolute Gasteiger partial charge is 0.154 e. The van der Waals surface area contributed by atoms with Gasteiger partial charge in [-0.15, -0.1) is 0 Å². The third-order valence-electron chi connectivity index (χ3n) is 5.43. The number of hydrogen-bond donors (Lipinski definition) is 2. The monoisotopic (exact) mass is 402 g/mol. The Morgan fingerprint density at radius 1 is 0.433 bits per heavy atom. The van der Waals surface area contributed by atoms with Crippen LogP contribution in [0.15, 0.2) is 109 Å². The lowest BCUT2D eigenvalue weighted by molar-refractivity contribution is -0.116. The Morgan fingerprint density at radius 2 is 0.733 bits per heavy atom. The molecule has 0 bridgehead atoms. The lowest BCUT2D eigenvalue weighted by Gasteiger charge is -2.45. The minimum Gasteiger partial charge on any atom is -0.376 e. The fourth-order valence-corrected chi connectivity index (χ4v) is 3.99. The number of rotatable bonds is 5. The van der Waals surface area contributed by atoms with E-state index in [4.69, 9.17) is 0 Å². The quantitative estimate of drug-likeness (QED) is 0.485. The van der Waals surface area contributed by atoms with Gasteiger partial charge in [0.15, 0.2) is 11.2 Å². The van der Waals surface area contributed by atoms with Crippen molar-refractivity contribution in [3.8, 4) is 0 Å². The maximum atomic E-state index is 15.1. The molecule has 2 nitrogen and oxygen atoms in total. The Balaban J connectivity index is 2.16. The summed E-state index contributed by atoms with van der Waals surface area (Å²) < 4.78 is 30.1. The molecular formula is C26H20F2O2. The van der Waals surface area contributed by atoms with Gasteiger partial charge in [-0.25, -0.2) is 8.78 Å². The molecule has 150 valence electrons. The minimum absolute atomic E-state index is 0.161. The molecule has 4 heteroatoms. The van der Waals surface area contributed by atoms with Crippen molar-refractivity contribution in [2.24, 2.45) is 0 Å². The highest BCUT2D eigenvalue weighted by atomic mass is 19.1. The minimum atomic E-state index is -2.33. The molecule has 0 aliphatic carbocycles. The van der Waals surface area contributed by atoms with Crippen LogP contribution >= 0.6 is 0 Å². The van der Waals surface area contributed by atoms with Gasteiger partial charge in [0.2, 0.25) is 0 Å². The summed E-state index contributed by atoms with van der Waals surface area (Å²) >= 11 is 0. The van der Waals surface area contributed by atoms with Crippen molar-refractivity contribution in [2.75, 3.05) is 0 Å². The molecular weight excluding hydrogens is 382 g/mol. The van der Waals surface area contributed by atoms with E-state index in [1.165, 1.54) is 36.4 Å². The van der Waals surface area contributed by atoms with Crippen LogP contribution in [0.5, 0.6) is 0 Å². The Morgan fingerprint density at radius 3 is 1.07 bits per heavy atom. The van der Waals surface area contributed by atoms with Crippen LogP contribution in [-0.2, 0) is 11.2 Å². The molecule has 2 N–H and O–H groups in total. The molecule has 0 radical (unpaired) electrons. The lowest BCUT2D eigenvalue weighted by Crippen LogP contribution is -2.52. The largest absolute Gasteiger partial charge is 0.376 e. The van der Waals surface area contributed by atoms with Crippen molar-refractivity contribution in [2.45, 2.75) is 11.2 Å². The molecule has 0 heterocycles. The Bertz CT molecular complexity index is 1050. The maximum absolute atomic E-state index is 15.1. The first-order chi connectivity index (χ1) is 14.5. The third-order valence-corrected chi connectivity index (χ3v) is 5.43. The topological polar surface area (TPSA) is 40.5 Å². The van der Waals surface area contributed by atoms with Crippen molar-refractivity contribution in [1.29, 1.82) is 0 Å². The van der Waals surface area contributed by atoms with Crippen LogP contribution in [0.2, 0.25) is 0 Å². The van der Waals surface area contributed by atoms with Crippen LogP contribution in [-0.4, -0.2) is 10.2 Å². The summed E-state index contributed by atoms with van der Waals surface area (Å²) in [5.74, 6) is -1.43. The first kappa shape index (κ1) is 20.0. The van der Waals surface area contributed by atoms with E-state index in [2.05, 4.69) is 0 Å². The van der Waals surface area contributed by atoms with Gasteiger partial charge in [0, 0.05) is 11.1 Å². The highest BCUT2D eigenvalue weighted by Gasteiger charge is 2.56. The van der Waals surface area contributed by atoms with Crippen LogP contribution in [0.1, 0.15) is 22.3 Å². The molecule has 0 spiro atoms. The SMILES string of the molecule is OC(c1ccccc1)(c1ccccc1F)C(O)(c1ccccc1)c1ccccc1F. The highest BCUT2D eigenvalue weighted by molar-refractivity contribution is 5.51. The molecule has 0 saturated carbocycles. The van der Waals surface area contributed by atoms with E-state index in [9.17, 15) is 10.2 Å². The van der Waals surface area contributed by atoms with Crippen LogP contribution in [0, 0.1) is 11.6 Å². The van der Waals surface area contributed by atoms with Gasteiger partial charge in [0.1, 0.15) is 11.6 Å². The maximum Gasteiger partial charge on any atom is 0.154 e. The second-order valence-corrected chi connectivity index (χ2v) is 7.11. The van der Waals surface area contributed by atoms with Gasteiger partial charge in [-0.05, 0) is 23.3 Å².